The number of amides is 1. The lowest BCUT2D eigenvalue weighted by Crippen LogP contribution is -2.15. The van der Waals surface area contributed by atoms with Gasteiger partial charge in [-0.05, 0) is 40.8 Å². The van der Waals surface area contributed by atoms with Crippen molar-refractivity contribution in [2.75, 3.05) is 5.32 Å². The Morgan fingerprint density at radius 1 is 1.04 bits per heavy atom. The minimum absolute atomic E-state index is 0.231. The van der Waals surface area contributed by atoms with Crippen molar-refractivity contribution in [1.29, 1.82) is 0 Å². The summed E-state index contributed by atoms with van der Waals surface area (Å²) in [6, 6.07) is 11.1. The van der Waals surface area contributed by atoms with Crippen molar-refractivity contribution in [3.8, 4) is 11.4 Å². The van der Waals surface area contributed by atoms with Crippen molar-refractivity contribution in [2.24, 2.45) is 0 Å². The number of para-hydroxylation sites is 1. The van der Waals surface area contributed by atoms with E-state index in [2.05, 4.69) is 30.9 Å². The fourth-order valence-corrected chi connectivity index (χ4v) is 2.44. The van der Waals surface area contributed by atoms with Gasteiger partial charge in [-0.1, -0.05) is 12.1 Å². The molecular weight excluding hydrogens is 339 g/mol. The van der Waals surface area contributed by atoms with Crippen molar-refractivity contribution in [2.45, 2.75) is 0 Å². The second-order valence-corrected chi connectivity index (χ2v) is 5.23. The number of tetrazole rings is 1. The highest BCUT2D eigenvalue weighted by Crippen LogP contribution is 2.19. The van der Waals surface area contributed by atoms with Gasteiger partial charge in [-0.2, -0.15) is 9.78 Å². The highest BCUT2D eigenvalue weighted by atomic mass is 19.1. The summed E-state index contributed by atoms with van der Waals surface area (Å²) >= 11 is 0. The van der Waals surface area contributed by atoms with E-state index < -0.39 is 11.7 Å². The van der Waals surface area contributed by atoms with Gasteiger partial charge in [0.2, 0.25) is 0 Å². The second kappa shape index (κ2) is 6.51. The highest BCUT2D eigenvalue weighted by Gasteiger charge is 2.14. The van der Waals surface area contributed by atoms with Gasteiger partial charge in [0.1, 0.15) is 24.7 Å². The summed E-state index contributed by atoms with van der Waals surface area (Å²) in [7, 11) is 0. The highest BCUT2D eigenvalue weighted by molar-refractivity contribution is 6.06. The van der Waals surface area contributed by atoms with Crippen LogP contribution in [0.1, 0.15) is 10.4 Å². The number of anilines is 1. The van der Waals surface area contributed by atoms with Crippen molar-refractivity contribution < 1.29 is 9.18 Å². The van der Waals surface area contributed by atoms with E-state index in [-0.39, 0.29) is 5.69 Å². The van der Waals surface area contributed by atoms with Crippen LogP contribution in [0.2, 0.25) is 0 Å². The normalized spacial score (nSPS) is 10.7. The lowest BCUT2D eigenvalue weighted by Gasteiger charge is -2.10. The number of nitrogens with zero attached hydrogens (tertiary/aromatic N) is 7. The van der Waals surface area contributed by atoms with Crippen LogP contribution in [0.3, 0.4) is 0 Å². The topological polar surface area (TPSA) is 103 Å². The van der Waals surface area contributed by atoms with Gasteiger partial charge in [0.25, 0.3) is 5.91 Å². The first kappa shape index (κ1) is 15.6. The number of hydrogen-bond donors (Lipinski definition) is 1. The average molecular weight is 350 g/mol. The average Bonchev–Trinajstić information content (AvgIpc) is 3.36. The van der Waals surface area contributed by atoms with Crippen LogP contribution < -0.4 is 5.32 Å². The van der Waals surface area contributed by atoms with Gasteiger partial charge in [-0.15, -0.1) is 5.10 Å². The minimum Gasteiger partial charge on any atom is -0.322 e. The smallest absolute Gasteiger partial charge is 0.257 e. The van der Waals surface area contributed by atoms with E-state index >= 15 is 0 Å². The molecule has 128 valence electrons. The summed E-state index contributed by atoms with van der Waals surface area (Å²) < 4.78 is 17.0. The third-order valence-corrected chi connectivity index (χ3v) is 3.62. The third-order valence-electron chi connectivity index (χ3n) is 3.62. The minimum atomic E-state index is -0.540. The molecule has 0 saturated carbocycles. The first-order valence-corrected chi connectivity index (χ1v) is 7.50. The molecule has 0 spiro atoms. The van der Waals surface area contributed by atoms with Crippen molar-refractivity contribution in [3.63, 3.8) is 0 Å². The molecule has 1 amide bonds. The van der Waals surface area contributed by atoms with Crippen molar-refractivity contribution in [3.05, 3.63) is 72.8 Å². The van der Waals surface area contributed by atoms with Gasteiger partial charge in [0.05, 0.1) is 11.3 Å². The lowest BCUT2D eigenvalue weighted by atomic mass is 10.1. The Morgan fingerprint density at radius 3 is 2.65 bits per heavy atom. The summed E-state index contributed by atoms with van der Waals surface area (Å²) in [6.07, 6.45) is 4.09. The lowest BCUT2D eigenvalue weighted by molar-refractivity contribution is 0.102. The molecule has 1 N–H and O–H groups in total. The first-order valence-electron chi connectivity index (χ1n) is 7.50. The number of carbonyl (C=O) groups is 1. The quantitative estimate of drug-likeness (QED) is 0.600. The monoisotopic (exact) mass is 350 g/mol. The first-order chi connectivity index (χ1) is 12.7. The Labute approximate surface area is 146 Å². The molecule has 0 saturated heterocycles. The van der Waals surface area contributed by atoms with E-state index in [0.29, 0.717) is 16.9 Å². The molecule has 4 aromatic rings. The molecule has 4 rings (SSSR count). The van der Waals surface area contributed by atoms with Crippen LogP contribution in [0.4, 0.5) is 10.1 Å². The Bertz CT molecular complexity index is 1050. The van der Waals surface area contributed by atoms with E-state index in [1.54, 1.807) is 30.3 Å². The van der Waals surface area contributed by atoms with E-state index in [1.165, 1.54) is 40.5 Å². The number of carbonyl (C=O) groups excluding carboxylic acids is 1. The zero-order valence-electron chi connectivity index (χ0n) is 13.2. The maximum Gasteiger partial charge on any atom is 0.257 e. The van der Waals surface area contributed by atoms with Crippen LogP contribution in [0.15, 0.2) is 61.4 Å². The van der Waals surface area contributed by atoms with E-state index in [0.717, 1.165) is 0 Å². The van der Waals surface area contributed by atoms with Gasteiger partial charge in [-0.25, -0.2) is 14.1 Å². The molecule has 0 fully saturated rings. The number of nitrogens with one attached hydrogen (secondary N) is 1. The summed E-state index contributed by atoms with van der Waals surface area (Å²) in [4.78, 5) is 16.4. The van der Waals surface area contributed by atoms with Crippen LogP contribution in [-0.2, 0) is 0 Å². The Kier molecular flexibility index (Phi) is 3.90. The molecule has 10 heteroatoms. The van der Waals surface area contributed by atoms with Gasteiger partial charge in [-0.3, -0.25) is 4.79 Å². The molecule has 0 atom stereocenters. The van der Waals surface area contributed by atoms with E-state index in [9.17, 15) is 9.18 Å². The molecule has 2 aromatic carbocycles. The van der Waals surface area contributed by atoms with Crippen LogP contribution in [0.5, 0.6) is 0 Å². The zero-order chi connectivity index (χ0) is 17.9. The largest absolute Gasteiger partial charge is 0.322 e. The van der Waals surface area contributed by atoms with Crippen LogP contribution in [0, 0.1) is 5.82 Å². The number of halogens is 1. The Balaban J connectivity index is 1.61. The maximum atomic E-state index is 14.3. The second-order valence-electron chi connectivity index (χ2n) is 5.23. The third kappa shape index (κ3) is 2.90. The maximum absolute atomic E-state index is 14.3. The van der Waals surface area contributed by atoms with E-state index in [1.807, 2.05) is 0 Å². The molecule has 0 aliphatic rings. The fraction of sp³-hybridized carbons (Fsp3) is 0. The predicted octanol–water partition coefficient (Wildman–Crippen LogP) is 1.63. The number of benzene rings is 2. The van der Waals surface area contributed by atoms with Gasteiger partial charge in [0, 0.05) is 5.69 Å². The number of rotatable bonds is 4. The molecule has 0 aliphatic heterocycles. The summed E-state index contributed by atoms with van der Waals surface area (Å²) in [6.45, 7) is 0. The molecular formula is C16H11FN8O. The molecule has 0 aliphatic carbocycles. The van der Waals surface area contributed by atoms with E-state index in [4.69, 9.17) is 0 Å². The van der Waals surface area contributed by atoms with Crippen LogP contribution in [0.25, 0.3) is 11.4 Å². The Hall–Kier alpha value is -3.95. The standard InChI is InChI=1S/C16H11FN8O/c17-13-7-11(5-6-15(13)24-9-18-8-20-24)21-16(26)12-3-1-2-4-14(12)25-10-19-22-23-25/h1-10H,(H,21,26). The van der Waals surface area contributed by atoms with Crippen molar-refractivity contribution >= 4 is 11.6 Å². The van der Waals surface area contributed by atoms with Crippen molar-refractivity contribution in [1.82, 2.24) is 35.0 Å². The molecule has 9 nitrogen and oxygen atoms in total. The number of hydrogen-bond acceptors (Lipinski definition) is 6. The summed E-state index contributed by atoms with van der Waals surface area (Å²) in [5.41, 5.74) is 1.40. The van der Waals surface area contributed by atoms with Gasteiger partial charge < -0.3 is 5.32 Å². The zero-order valence-corrected chi connectivity index (χ0v) is 13.2. The molecule has 0 bridgehead atoms. The molecule has 26 heavy (non-hydrogen) atoms. The van der Waals surface area contributed by atoms with Crippen LogP contribution in [-0.4, -0.2) is 40.9 Å². The number of aromatic nitrogens is 7. The van der Waals surface area contributed by atoms with Gasteiger partial charge >= 0.3 is 0 Å². The van der Waals surface area contributed by atoms with Crippen LogP contribution >= 0.6 is 0 Å². The summed E-state index contributed by atoms with van der Waals surface area (Å²) in [5.74, 6) is -0.953. The molecule has 0 radical (unpaired) electrons. The fourth-order valence-electron chi connectivity index (χ4n) is 2.44. The Morgan fingerprint density at radius 2 is 1.92 bits per heavy atom. The molecule has 2 aromatic heterocycles. The SMILES string of the molecule is O=C(Nc1ccc(-n2cncn2)c(F)c1)c1ccccc1-n1cnnn1. The predicted molar refractivity (Wildman–Crippen MR) is 88.4 cm³/mol. The molecule has 2 heterocycles. The summed E-state index contributed by atoms with van der Waals surface area (Å²) in [5, 5.41) is 17.5. The molecule has 0 unspecified atom stereocenters. The van der Waals surface area contributed by atoms with Gasteiger partial charge in [0.15, 0.2) is 5.82 Å².